The van der Waals surface area contributed by atoms with Crippen molar-refractivity contribution >= 4 is 17.8 Å². The molecular formula is C11H14O3S. The Morgan fingerprint density at radius 3 is 3.00 bits per heavy atom. The van der Waals surface area contributed by atoms with Gasteiger partial charge in [-0.3, -0.25) is 4.79 Å². The maximum Gasteiger partial charge on any atom is 0.159 e. The Balaban J connectivity index is 2.47. The van der Waals surface area contributed by atoms with Crippen LogP contribution in [0.1, 0.15) is 23.7 Å². The van der Waals surface area contributed by atoms with Crippen molar-refractivity contribution in [2.45, 2.75) is 18.2 Å². The summed E-state index contributed by atoms with van der Waals surface area (Å²) in [6.45, 7) is 2.18. The Morgan fingerprint density at radius 1 is 1.53 bits per heavy atom. The molecule has 1 N–H and O–H groups in total. The summed E-state index contributed by atoms with van der Waals surface area (Å²) in [4.78, 5) is 12.0. The van der Waals surface area contributed by atoms with Crippen molar-refractivity contribution < 1.29 is 14.1 Å². The number of ketones is 1. The highest BCUT2D eigenvalue weighted by molar-refractivity contribution is 7.94. The van der Waals surface area contributed by atoms with Crippen molar-refractivity contribution in [1.29, 1.82) is 0 Å². The van der Waals surface area contributed by atoms with Crippen LogP contribution in [0, 0.1) is 0 Å². The second-order valence-electron chi connectivity index (χ2n) is 3.07. The summed E-state index contributed by atoms with van der Waals surface area (Å²) < 4.78 is 5.24. The van der Waals surface area contributed by atoms with E-state index in [9.17, 15) is 4.79 Å². The smallest absolute Gasteiger partial charge is 0.159 e. The van der Waals surface area contributed by atoms with Crippen LogP contribution in [0.4, 0.5) is 0 Å². The quantitative estimate of drug-likeness (QED) is 0.459. The van der Waals surface area contributed by atoms with Crippen molar-refractivity contribution in [2.24, 2.45) is 0 Å². The van der Waals surface area contributed by atoms with E-state index < -0.39 is 0 Å². The molecule has 4 heteroatoms. The van der Waals surface area contributed by atoms with E-state index >= 15 is 0 Å². The summed E-state index contributed by atoms with van der Waals surface area (Å²) in [5, 5.41) is 8.55. The van der Waals surface area contributed by atoms with E-state index in [-0.39, 0.29) is 12.4 Å². The number of hydrogen-bond donors (Lipinski definition) is 1. The van der Waals surface area contributed by atoms with Crippen molar-refractivity contribution in [1.82, 2.24) is 0 Å². The highest BCUT2D eigenvalue weighted by Gasteiger charge is 2.01. The Bertz CT molecular complexity index is 325. The third-order valence-electron chi connectivity index (χ3n) is 1.78. The molecule has 0 aliphatic heterocycles. The van der Waals surface area contributed by atoms with Crippen molar-refractivity contribution in [3.8, 4) is 0 Å². The topological polar surface area (TPSA) is 46.5 Å². The fourth-order valence-electron chi connectivity index (χ4n) is 1.00. The lowest BCUT2D eigenvalue weighted by Gasteiger charge is -2.02. The van der Waals surface area contributed by atoms with Gasteiger partial charge in [-0.25, -0.2) is 0 Å². The van der Waals surface area contributed by atoms with Gasteiger partial charge >= 0.3 is 0 Å². The van der Waals surface area contributed by atoms with Gasteiger partial charge in [-0.05, 0) is 25.5 Å². The largest absolute Gasteiger partial charge is 0.396 e. The van der Waals surface area contributed by atoms with Gasteiger partial charge < -0.3 is 9.29 Å². The minimum atomic E-state index is 0.0489. The molecule has 0 unspecified atom stereocenters. The number of aliphatic hydroxyl groups is 1. The lowest BCUT2D eigenvalue weighted by molar-refractivity contribution is 0.101. The monoisotopic (exact) mass is 226 g/mol. The van der Waals surface area contributed by atoms with E-state index in [0.29, 0.717) is 18.6 Å². The van der Waals surface area contributed by atoms with Gasteiger partial charge in [0.15, 0.2) is 5.78 Å². The number of rotatable bonds is 6. The zero-order valence-electron chi connectivity index (χ0n) is 8.60. The molecule has 0 saturated heterocycles. The van der Waals surface area contributed by atoms with Crippen LogP contribution in [0.15, 0.2) is 29.2 Å². The number of carbonyl (C=O) groups is 1. The highest BCUT2D eigenvalue weighted by atomic mass is 32.2. The second-order valence-corrected chi connectivity index (χ2v) is 3.94. The maximum absolute atomic E-state index is 11.1. The average Bonchev–Trinajstić information content (AvgIpc) is 2.25. The SMILES string of the molecule is CC(=O)c1cccc(SOCCCO)c1. The van der Waals surface area contributed by atoms with Crippen molar-refractivity contribution in [3.63, 3.8) is 0 Å². The summed E-state index contributed by atoms with van der Waals surface area (Å²) in [5.41, 5.74) is 0.686. The molecule has 0 aromatic heterocycles. The van der Waals surface area contributed by atoms with E-state index in [0.717, 1.165) is 4.90 Å². The van der Waals surface area contributed by atoms with Gasteiger partial charge in [0, 0.05) is 29.1 Å². The summed E-state index contributed by atoms with van der Waals surface area (Å²) in [6.07, 6.45) is 0.624. The van der Waals surface area contributed by atoms with Gasteiger partial charge in [0.05, 0.1) is 6.61 Å². The maximum atomic E-state index is 11.1. The third-order valence-corrected chi connectivity index (χ3v) is 2.51. The summed E-state index contributed by atoms with van der Waals surface area (Å²) in [5.74, 6) is 0.0489. The van der Waals surface area contributed by atoms with Crippen LogP contribution in [0.25, 0.3) is 0 Å². The van der Waals surface area contributed by atoms with Crippen LogP contribution in [0.2, 0.25) is 0 Å². The van der Waals surface area contributed by atoms with Gasteiger partial charge in [-0.15, -0.1) is 0 Å². The first kappa shape index (κ1) is 12.2. The molecule has 0 aliphatic rings. The Morgan fingerprint density at radius 2 is 2.33 bits per heavy atom. The molecule has 0 fully saturated rings. The van der Waals surface area contributed by atoms with Crippen LogP contribution in [-0.4, -0.2) is 24.1 Å². The molecule has 0 atom stereocenters. The summed E-state index contributed by atoms with van der Waals surface area (Å²) in [7, 11) is 0. The van der Waals surface area contributed by atoms with Gasteiger partial charge in [0.1, 0.15) is 0 Å². The fraction of sp³-hybridized carbons (Fsp3) is 0.364. The first-order chi connectivity index (χ1) is 7.24. The van der Waals surface area contributed by atoms with E-state index in [1.165, 1.54) is 19.0 Å². The molecule has 1 aromatic rings. The Labute approximate surface area is 93.7 Å². The second kappa shape index (κ2) is 6.61. The van der Waals surface area contributed by atoms with Crippen LogP contribution < -0.4 is 0 Å². The molecule has 1 aromatic carbocycles. The fourth-order valence-corrected chi connectivity index (χ4v) is 1.65. The first-order valence-electron chi connectivity index (χ1n) is 4.75. The molecule has 0 heterocycles. The predicted octanol–water partition coefficient (Wildman–Crippen LogP) is 2.30. The normalized spacial score (nSPS) is 10.3. The van der Waals surface area contributed by atoms with Crippen molar-refractivity contribution in [2.75, 3.05) is 13.2 Å². The minimum Gasteiger partial charge on any atom is -0.396 e. The molecular weight excluding hydrogens is 212 g/mol. The van der Waals surface area contributed by atoms with Crippen LogP contribution in [0.5, 0.6) is 0 Å². The molecule has 0 radical (unpaired) electrons. The van der Waals surface area contributed by atoms with Gasteiger partial charge in [-0.2, -0.15) is 0 Å². The zero-order chi connectivity index (χ0) is 11.1. The molecule has 0 aliphatic carbocycles. The first-order valence-corrected chi connectivity index (χ1v) is 5.49. The zero-order valence-corrected chi connectivity index (χ0v) is 9.42. The summed E-state index contributed by atoms with van der Waals surface area (Å²) >= 11 is 1.23. The van der Waals surface area contributed by atoms with Gasteiger partial charge in [0.25, 0.3) is 0 Å². The molecule has 0 amide bonds. The number of carbonyl (C=O) groups excluding carboxylic acids is 1. The van der Waals surface area contributed by atoms with Crippen LogP contribution in [-0.2, 0) is 4.18 Å². The highest BCUT2D eigenvalue weighted by Crippen LogP contribution is 2.20. The standard InChI is InChI=1S/C11H14O3S/c1-9(13)10-4-2-5-11(8-10)15-14-7-3-6-12/h2,4-5,8,12H,3,6-7H2,1H3. The molecule has 82 valence electrons. The van der Waals surface area contributed by atoms with E-state index in [2.05, 4.69) is 0 Å². The van der Waals surface area contributed by atoms with E-state index in [1.54, 1.807) is 12.1 Å². The number of hydrogen-bond acceptors (Lipinski definition) is 4. The van der Waals surface area contributed by atoms with Gasteiger partial charge in [0.2, 0.25) is 0 Å². The third kappa shape index (κ3) is 4.46. The molecule has 0 bridgehead atoms. The Hall–Kier alpha value is -0.840. The number of aliphatic hydroxyl groups excluding tert-OH is 1. The van der Waals surface area contributed by atoms with Crippen LogP contribution in [0.3, 0.4) is 0 Å². The van der Waals surface area contributed by atoms with Crippen molar-refractivity contribution in [3.05, 3.63) is 29.8 Å². The molecule has 15 heavy (non-hydrogen) atoms. The Kier molecular flexibility index (Phi) is 5.39. The number of Topliss-reactive ketones (excluding diaryl/α,β-unsaturated/α-hetero) is 1. The molecule has 1 rings (SSSR count). The van der Waals surface area contributed by atoms with E-state index in [1.807, 2.05) is 12.1 Å². The lowest BCUT2D eigenvalue weighted by atomic mass is 10.2. The van der Waals surface area contributed by atoms with Crippen LogP contribution >= 0.6 is 12.0 Å². The summed E-state index contributed by atoms with van der Waals surface area (Å²) in [6, 6.07) is 7.29. The average molecular weight is 226 g/mol. The van der Waals surface area contributed by atoms with Gasteiger partial charge in [-0.1, -0.05) is 12.1 Å². The molecule has 0 saturated carbocycles. The lowest BCUT2D eigenvalue weighted by Crippen LogP contribution is -1.93. The minimum absolute atomic E-state index is 0.0489. The molecule has 0 spiro atoms. The molecule has 3 nitrogen and oxygen atoms in total. The number of benzene rings is 1. The predicted molar refractivity (Wildman–Crippen MR) is 60.0 cm³/mol. The van der Waals surface area contributed by atoms with E-state index in [4.69, 9.17) is 9.29 Å².